The standard InChI is InChI=1S/C13H16N2O3S/c16-12(14-9-3-1-2-4-10-14)7-5-11-6-8-13(19-11)15(17)18/h5-8H,1-4,9-10H2/b7-5+. The van der Waals surface area contributed by atoms with Crippen molar-refractivity contribution in [2.75, 3.05) is 13.1 Å². The van der Waals surface area contributed by atoms with Gasteiger partial charge in [-0.1, -0.05) is 24.2 Å². The second kappa shape index (κ2) is 6.47. The van der Waals surface area contributed by atoms with Gasteiger partial charge < -0.3 is 4.90 Å². The lowest BCUT2D eigenvalue weighted by Crippen LogP contribution is -2.30. The molecule has 0 bridgehead atoms. The number of amides is 1. The minimum atomic E-state index is -0.418. The molecule has 1 fully saturated rings. The summed E-state index contributed by atoms with van der Waals surface area (Å²) in [6, 6.07) is 3.12. The van der Waals surface area contributed by atoms with Crippen LogP contribution in [0.25, 0.3) is 6.08 Å². The Balaban J connectivity index is 1.96. The van der Waals surface area contributed by atoms with Crippen LogP contribution in [-0.2, 0) is 4.79 Å². The van der Waals surface area contributed by atoms with E-state index < -0.39 is 4.92 Å². The van der Waals surface area contributed by atoms with Crippen LogP contribution in [-0.4, -0.2) is 28.8 Å². The Hall–Kier alpha value is -1.69. The van der Waals surface area contributed by atoms with E-state index in [-0.39, 0.29) is 10.9 Å². The minimum Gasteiger partial charge on any atom is -0.339 e. The van der Waals surface area contributed by atoms with E-state index in [0.29, 0.717) is 0 Å². The molecule has 0 atom stereocenters. The number of rotatable bonds is 3. The van der Waals surface area contributed by atoms with Crippen LogP contribution in [0.5, 0.6) is 0 Å². The maximum absolute atomic E-state index is 12.0. The van der Waals surface area contributed by atoms with Crippen molar-refractivity contribution in [3.63, 3.8) is 0 Å². The average Bonchev–Trinajstić information content (AvgIpc) is 2.70. The van der Waals surface area contributed by atoms with Crippen molar-refractivity contribution in [3.05, 3.63) is 33.2 Å². The van der Waals surface area contributed by atoms with E-state index in [2.05, 4.69) is 0 Å². The molecular formula is C13H16N2O3S. The second-order valence-corrected chi connectivity index (χ2v) is 5.60. The van der Waals surface area contributed by atoms with Gasteiger partial charge >= 0.3 is 5.00 Å². The van der Waals surface area contributed by atoms with Crippen LogP contribution in [0.4, 0.5) is 5.00 Å². The second-order valence-electron chi connectivity index (χ2n) is 4.51. The van der Waals surface area contributed by atoms with Crippen molar-refractivity contribution in [3.8, 4) is 0 Å². The molecule has 102 valence electrons. The number of carbonyl (C=O) groups excluding carboxylic acids is 1. The van der Waals surface area contributed by atoms with E-state index >= 15 is 0 Å². The molecule has 2 heterocycles. The van der Waals surface area contributed by atoms with E-state index in [1.54, 1.807) is 12.1 Å². The lowest BCUT2D eigenvalue weighted by atomic mass is 10.2. The van der Waals surface area contributed by atoms with Gasteiger partial charge in [-0.15, -0.1) is 0 Å². The van der Waals surface area contributed by atoms with Crippen molar-refractivity contribution in [2.24, 2.45) is 0 Å². The molecule has 1 amide bonds. The zero-order chi connectivity index (χ0) is 13.7. The van der Waals surface area contributed by atoms with Gasteiger partial charge in [-0.25, -0.2) is 0 Å². The van der Waals surface area contributed by atoms with E-state index in [1.165, 1.54) is 25.0 Å². The third-order valence-corrected chi connectivity index (χ3v) is 4.10. The zero-order valence-corrected chi connectivity index (χ0v) is 11.4. The van der Waals surface area contributed by atoms with Crippen molar-refractivity contribution in [1.82, 2.24) is 4.90 Å². The Morgan fingerprint density at radius 1 is 1.26 bits per heavy atom. The summed E-state index contributed by atoms with van der Waals surface area (Å²) in [4.78, 5) is 24.7. The first-order chi connectivity index (χ1) is 9.16. The number of carbonyl (C=O) groups is 1. The van der Waals surface area contributed by atoms with Crippen LogP contribution < -0.4 is 0 Å². The normalized spacial score (nSPS) is 16.5. The molecular weight excluding hydrogens is 264 g/mol. The number of nitrogens with zero attached hydrogens (tertiary/aromatic N) is 2. The Kier molecular flexibility index (Phi) is 4.68. The van der Waals surface area contributed by atoms with Crippen LogP contribution in [0.15, 0.2) is 18.2 Å². The maximum Gasteiger partial charge on any atom is 0.324 e. The molecule has 19 heavy (non-hydrogen) atoms. The summed E-state index contributed by atoms with van der Waals surface area (Å²) in [5, 5.41) is 10.7. The summed E-state index contributed by atoms with van der Waals surface area (Å²) >= 11 is 1.08. The van der Waals surface area contributed by atoms with Crippen LogP contribution in [0.2, 0.25) is 0 Å². The summed E-state index contributed by atoms with van der Waals surface area (Å²) < 4.78 is 0. The van der Waals surface area contributed by atoms with Gasteiger partial charge in [0.15, 0.2) is 0 Å². The van der Waals surface area contributed by atoms with E-state index in [0.717, 1.165) is 42.1 Å². The third kappa shape index (κ3) is 3.89. The van der Waals surface area contributed by atoms with Crippen LogP contribution in [0.3, 0.4) is 0 Å². The molecule has 6 heteroatoms. The van der Waals surface area contributed by atoms with Crippen LogP contribution >= 0.6 is 11.3 Å². The molecule has 5 nitrogen and oxygen atoms in total. The first kappa shape index (κ1) is 13.7. The molecule has 2 rings (SSSR count). The molecule has 1 aromatic rings. The fourth-order valence-corrected chi connectivity index (χ4v) is 2.80. The summed E-state index contributed by atoms with van der Waals surface area (Å²) in [5.41, 5.74) is 0. The number of likely N-dealkylation sites (tertiary alicyclic amines) is 1. The Morgan fingerprint density at radius 2 is 1.95 bits per heavy atom. The van der Waals surface area contributed by atoms with Crippen molar-refractivity contribution in [1.29, 1.82) is 0 Å². The summed E-state index contributed by atoms with van der Waals surface area (Å²) in [6.45, 7) is 1.63. The lowest BCUT2D eigenvalue weighted by Gasteiger charge is -2.17. The Morgan fingerprint density at radius 3 is 2.53 bits per heavy atom. The zero-order valence-electron chi connectivity index (χ0n) is 10.6. The van der Waals surface area contributed by atoms with E-state index in [1.807, 2.05) is 4.90 Å². The van der Waals surface area contributed by atoms with Crippen molar-refractivity contribution in [2.45, 2.75) is 25.7 Å². The van der Waals surface area contributed by atoms with Gasteiger partial charge in [0, 0.05) is 30.1 Å². The predicted molar refractivity (Wildman–Crippen MR) is 75.1 cm³/mol. The van der Waals surface area contributed by atoms with Crippen molar-refractivity contribution < 1.29 is 9.72 Å². The Labute approximate surface area is 115 Å². The molecule has 0 radical (unpaired) electrons. The van der Waals surface area contributed by atoms with Crippen molar-refractivity contribution >= 4 is 28.3 Å². The molecule has 0 aliphatic carbocycles. The fourth-order valence-electron chi connectivity index (χ4n) is 2.08. The molecule has 1 aliphatic heterocycles. The van der Waals surface area contributed by atoms with E-state index in [9.17, 15) is 14.9 Å². The molecule has 0 saturated carbocycles. The molecule has 0 unspecified atom stereocenters. The van der Waals surface area contributed by atoms with Crippen LogP contribution in [0, 0.1) is 10.1 Å². The third-order valence-electron chi connectivity index (χ3n) is 3.10. The fraction of sp³-hybridized carbons (Fsp3) is 0.462. The number of thiophene rings is 1. The van der Waals surface area contributed by atoms with Gasteiger partial charge in [0.05, 0.1) is 4.92 Å². The average molecular weight is 280 g/mol. The molecule has 0 aromatic carbocycles. The highest BCUT2D eigenvalue weighted by Crippen LogP contribution is 2.24. The van der Waals surface area contributed by atoms with Gasteiger partial charge in [-0.05, 0) is 25.0 Å². The summed E-state index contributed by atoms with van der Waals surface area (Å²) in [5.74, 6) is -0.00190. The van der Waals surface area contributed by atoms with Gasteiger partial charge in [0.1, 0.15) is 0 Å². The number of nitro groups is 1. The maximum atomic E-state index is 12.0. The minimum absolute atomic E-state index is 0.00190. The molecule has 0 spiro atoms. The van der Waals surface area contributed by atoms with E-state index in [4.69, 9.17) is 0 Å². The highest BCUT2D eigenvalue weighted by atomic mass is 32.1. The molecule has 0 N–H and O–H groups in total. The van der Waals surface area contributed by atoms with Crippen LogP contribution in [0.1, 0.15) is 30.6 Å². The largest absolute Gasteiger partial charge is 0.339 e. The first-order valence-electron chi connectivity index (χ1n) is 6.38. The number of hydrogen-bond donors (Lipinski definition) is 0. The van der Waals surface area contributed by atoms with Gasteiger partial charge in [-0.3, -0.25) is 14.9 Å². The smallest absolute Gasteiger partial charge is 0.324 e. The highest BCUT2D eigenvalue weighted by Gasteiger charge is 2.13. The summed E-state index contributed by atoms with van der Waals surface area (Å²) in [6.07, 6.45) is 7.66. The Bertz CT molecular complexity index is 488. The highest BCUT2D eigenvalue weighted by molar-refractivity contribution is 7.16. The SMILES string of the molecule is O=C(/C=C/c1ccc([N+](=O)[O-])s1)N1CCCCCC1. The predicted octanol–water partition coefficient (Wildman–Crippen LogP) is 3.07. The summed E-state index contributed by atoms with van der Waals surface area (Å²) in [7, 11) is 0. The van der Waals surface area contributed by atoms with Gasteiger partial charge in [-0.2, -0.15) is 0 Å². The number of hydrogen-bond acceptors (Lipinski definition) is 4. The molecule has 1 aliphatic rings. The van der Waals surface area contributed by atoms with Gasteiger partial charge in [0.2, 0.25) is 5.91 Å². The molecule has 1 aromatic heterocycles. The first-order valence-corrected chi connectivity index (χ1v) is 7.20. The van der Waals surface area contributed by atoms with Gasteiger partial charge in [0.25, 0.3) is 0 Å². The quantitative estimate of drug-likeness (QED) is 0.485. The lowest BCUT2D eigenvalue weighted by molar-refractivity contribution is -0.380. The topological polar surface area (TPSA) is 63.4 Å². The molecule has 1 saturated heterocycles. The monoisotopic (exact) mass is 280 g/mol.